The normalized spacial score (nSPS) is 16.6. The molecule has 0 atom stereocenters. The van der Waals surface area contributed by atoms with Crippen LogP contribution < -0.4 is 10.2 Å². The Balaban J connectivity index is 1.68. The Labute approximate surface area is 183 Å². The van der Waals surface area contributed by atoms with Gasteiger partial charge in [0.2, 0.25) is 0 Å². The second-order valence-corrected chi connectivity index (χ2v) is 8.19. The molecular weight excluding hydrogens is 390 g/mol. The van der Waals surface area contributed by atoms with Crippen LogP contribution >= 0.6 is 0 Å². The van der Waals surface area contributed by atoms with Crippen molar-refractivity contribution in [2.24, 2.45) is 0 Å². The number of ether oxygens (including phenoxy) is 1. The molecule has 0 spiro atoms. The molecule has 31 heavy (non-hydrogen) atoms. The van der Waals surface area contributed by atoms with Crippen LogP contribution in [0.2, 0.25) is 0 Å². The summed E-state index contributed by atoms with van der Waals surface area (Å²) in [6.07, 6.45) is 2.44. The summed E-state index contributed by atoms with van der Waals surface area (Å²) in [6, 6.07) is 14.0. The fourth-order valence-electron chi connectivity index (χ4n) is 4.30. The van der Waals surface area contributed by atoms with Crippen molar-refractivity contribution in [3.05, 3.63) is 64.9 Å². The number of nitrogens with one attached hydrogen (secondary N) is 1. The molecule has 2 aromatic rings. The van der Waals surface area contributed by atoms with Crippen LogP contribution in [0.25, 0.3) is 5.57 Å². The summed E-state index contributed by atoms with van der Waals surface area (Å²) in [5.74, 6) is -0.606. The van der Waals surface area contributed by atoms with Gasteiger partial charge in [-0.15, -0.1) is 0 Å². The summed E-state index contributed by atoms with van der Waals surface area (Å²) >= 11 is 0. The number of hydrogen-bond acceptors (Lipinski definition) is 5. The standard InChI is InChI=1S/C25H29N3O3/c1-17-6-11-21(18(2)16-17)22-23(25(30)28(24(22)29)14-15-31-3)26-19-7-9-20(10-8-19)27-12-4-5-13-27/h6-11,16,26H,4-5,12-15H2,1-3H3. The maximum Gasteiger partial charge on any atom is 0.278 e. The minimum absolute atomic E-state index is 0.224. The van der Waals surface area contributed by atoms with Crippen molar-refractivity contribution in [3.8, 4) is 0 Å². The number of benzene rings is 2. The molecule has 2 heterocycles. The fourth-order valence-corrected chi connectivity index (χ4v) is 4.30. The monoisotopic (exact) mass is 419 g/mol. The zero-order chi connectivity index (χ0) is 22.0. The van der Waals surface area contributed by atoms with Crippen molar-refractivity contribution >= 4 is 28.8 Å². The topological polar surface area (TPSA) is 61.9 Å². The second kappa shape index (κ2) is 8.94. The first-order valence-corrected chi connectivity index (χ1v) is 10.8. The molecule has 2 aliphatic rings. The lowest BCUT2D eigenvalue weighted by molar-refractivity contribution is -0.137. The first-order valence-electron chi connectivity index (χ1n) is 10.8. The zero-order valence-electron chi connectivity index (χ0n) is 18.4. The van der Waals surface area contributed by atoms with Crippen molar-refractivity contribution in [2.75, 3.05) is 43.6 Å². The molecular formula is C25H29N3O3. The van der Waals surface area contributed by atoms with E-state index < -0.39 is 0 Å². The minimum atomic E-state index is -0.319. The molecule has 2 amide bonds. The van der Waals surface area contributed by atoms with Gasteiger partial charge in [-0.05, 0) is 62.1 Å². The summed E-state index contributed by atoms with van der Waals surface area (Å²) in [6.45, 7) is 6.66. The molecule has 0 unspecified atom stereocenters. The van der Waals surface area contributed by atoms with Gasteiger partial charge in [0.1, 0.15) is 5.70 Å². The molecule has 0 aromatic heterocycles. The summed E-state index contributed by atoms with van der Waals surface area (Å²) in [5, 5.41) is 3.24. The third-order valence-electron chi connectivity index (χ3n) is 5.95. The number of rotatable bonds is 7. The molecule has 162 valence electrons. The molecule has 6 nitrogen and oxygen atoms in total. The highest BCUT2D eigenvalue weighted by Crippen LogP contribution is 2.33. The van der Waals surface area contributed by atoms with Gasteiger partial charge in [0.05, 0.1) is 18.7 Å². The van der Waals surface area contributed by atoms with Crippen LogP contribution in [0.1, 0.15) is 29.5 Å². The Kier molecular flexibility index (Phi) is 6.09. The summed E-state index contributed by atoms with van der Waals surface area (Å²) in [4.78, 5) is 30.0. The summed E-state index contributed by atoms with van der Waals surface area (Å²) in [7, 11) is 1.56. The van der Waals surface area contributed by atoms with E-state index in [2.05, 4.69) is 22.3 Å². The van der Waals surface area contributed by atoms with Crippen molar-refractivity contribution in [2.45, 2.75) is 26.7 Å². The molecule has 0 saturated carbocycles. The Morgan fingerprint density at radius 1 is 0.968 bits per heavy atom. The number of imide groups is 1. The maximum absolute atomic E-state index is 13.2. The van der Waals surface area contributed by atoms with Crippen LogP contribution in [0, 0.1) is 13.8 Å². The number of amides is 2. The Morgan fingerprint density at radius 3 is 2.32 bits per heavy atom. The molecule has 2 aliphatic heterocycles. The van der Waals surface area contributed by atoms with E-state index in [4.69, 9.17) is 4.74 Å². The fraction of sp³-hybridized carbons (Fsp3) is 0.360. The molecule has 0 radical (unpaired) electrons. The van der Waals surface area contributed by atoms with E-state index in [1.807, 2.05) is 44.2 Å². The van der Waals surface area contributed by atoms with Gasteiger partial charge >= 0.3 is 0 Å². The van der Waals surface area contributed by atoms with Crippen molar-refractivity contribution in [1.29, 1.82) is 0 Å². The average molecular weight is 420 g/mol. The molecule has 1 fully saturated rings. The van der Waals surface area contributed by atoms with Gasteiger partial charge in [-0.2, -0.15) is 0 Å². The van der Waals surface area contributed by atoms with Gasteiger partial charge in [0.15, 0.2) is 0 Å². The lowest BCUT2D eigenvalue weighted by Gasteiger charge is -2.18. The molecule has 4 rings (SSSR count). The molecule has 1 N–H and O–H groups in total. The van der Waals surface area contributed by atoms with Gasteiger partial charge < -0.3 is 15.0 Å². The highest BCUT2D eigenvalue weighted by atomic mass is 16.5. The highest BCUT2D eigenvalue weighted by Gasteiger charge is 2.39. The van der Waals surface area contributed by atoms with Crippen LogP contribution in [0.4, 0.5) is 11.4 Å². The molecule has 0 aliphatic carbocycles. The van der Waals surface area contributed by atoms with E-state index >= 15 is 0 Å². The first-order chi connectivity index (χ1) is 15.0. The van der Waals surface area contributed by atoms with Crippen molar-refractivity contribution in [1.82, 2.24) is 4.90 Å². The van der Waals surface area contributed by atoms with Gasteiger partial charge in [0.25, 0.3) is 11.8 Å². The maximum atomic E-state index is 13.2. The third-order valence-corrected chi connectivity index (χ3v) is 5.95. The molecule has 0 bridgehead atoms. The largest absolute Gasteiger partial charge is 0.383 e. The Bertz CT molecular complexity index is 1020. The summed E-state index contributed by atoms with van der Waals surface area (Å²) in [5.41, 5.74) is 5.57. The number of aryl methyl sites for hydroxylation is 2. The average Bonchev–Trinajstić information content (AvgIpc) is 3.36. The SMILES string of the molecule is COCCN1C(=O)C(Nc2ccc(N3CCCC3)cc2)=C(c2ccc(C)cc2C)C1=O. The van der Waals surface area contributed by atoms with Crippen LogP contribution in [0.3, 0.4) is 0 Å². The Morgan fingerprint density at radius 2 is 1.68 bits per heavy atom. The third kappa shape index (κ3) is 4.21. The molecule has 2 aromatic carbocycles. The van der Waals surface area contributed by atoms with Gasteiger partial charge in [-0.25, -0.2) is 0 Å². The number of carbonyl (C=O) groups is 2. The first kappa shape index (κ1) is 21.1. The quantitative estimate of drug-likeness (QED) is 0.693. The van der Waals surface area contributed by atoms with E-state index in [9.17, 15) is 9.59 Å². The van der Waals surface area contributed by atoms with Crippen molar-refractivity contribution < 1.29 is 14.3 Å². The smallest absolute Gasteiger partial charge is 0.278 e. The molecule has 6 heteroatoms. The number of hydrogen-bond donors (Lipinski definition) is 1. The zero-order valence-corrected chi connectivity index (χ0v) is 18.4. The van der Waals surface area contributed by atoms with Crippen LogP contribution in [-0.4, -0.2) is 50.1 Å². The highest BCUT2D eigenvalue weighted by molar-refractivity contribution is 6.36. The lowest BCUT2D eigenvalue weighted by Crippen LogP contribution is -2.35. The minimum Gasteiger partial charge on any atom is -0.383 e. The number of nitrogens with zero attached hydrogens (tertiary/aromatic N) is 2. The van der Waals surface area contributed by atoms with Crippen molar-refractivity contribution in [3.63, 3.8) is 0 Å². The lowest BCUT2D eigenvalue weighted by atomic mass is 9.97. The summed E-state index contributed by atoms with van der Waals surface area (Å²) < 4.78 is 5.11. The van der Waals surface area contributed by atoms with Gasteiger partial charge in [-0.3, -0.25) is 14.5 Å². The number of methoxy groups -OCH3 is 1. The number of carbonyl (C=O) groups excluding carboxylic acids is 2. The predicted molar refractivity (Wildman–Crippen MR) is 123 cm³/mol. The Hall–Kier alpha value is -3.12. The predicted octanol–water partition coefficient (Wildman–Crippen LogP) is 3.74. The van der Waals surface area contributed by atoms with E-state index in [1.54, 1.807) is 7.11 Å². The van der Waals surface area contributed by atoms with E-state index in [-0.39, 0.29) is 18.4 Å². The van der Waals surface area contributed by atoms with E-state index in [0.29, 0.717) is 17.9 Å². The van der Waals surface area contributed by atoms with Crippen LogP contribution in [0.15, 0.2) is 48.2 Å². The van der Waals surface area contributed by atoms with E-state index in [1.165, 1.54) is 23.4 Å². The van der Waals surface area contributed by atoms with Crippen LogP contribution in [0.5, 0.6) is 0 Å². The van der Waals surface area contributed by atoms with Crippen LogP contribution in [-0.2, 0) is 14.3 Å². The van der Waals surface area contributed by atoms with E-state index in [0.717, 1.165) is 35.5 Å². The van der Waals surface area contributed by atoms with Gasteiger partial charge in [0, 0.05) is 31.6 Å². The van der Waals surface area contributed by atoms with Gasteiger partial charge in [-0.1, -0.05) is 23.8 Å². The molecule has 1 saturated heterocycles. The number of anilines is 2. The second-order valence-electron chi connectivity index (χ2n) is 8.19.